The molecule has 2 aliphatic heterocycles. The molecule has 2 fully saturated rings. The first-order valence-corrected chi connectivity index (χ1v) is 12.3. The van der Waals surface area contributed by atoms with Gasteiger partial charge in [0, 0.05) is 13.1 Å². The van der Waals surface area contributed by atoms with Crippen LogP contribution in [-0.4, -0.2) is 84.2 Å². The molecule has 4 rings (SSSR count). The topological polar surface area (TPSA) is 117 Å². The van der Waals surface area contributed by atoms with Crippen LogP contribution in [0.25, 0.3) is 0 Å². The van der Waals surface area contributed by atoms with Crippen molar-refractivity contribution in [2.45, 2.75) is 25.7 Å². The standard InChI is InChI=1S/C13H18N4.C13H19N3O2/c1-17-7-5-11(6-8-17)10-15-13-4-2-3-12(9-14)16-13;1-16-7-5-10(6-8-16)9-14-12-4-2-3-11(15-12)13(17)18/h2-4,11H,5-8,10H2,1H3,(H,15,16);2-4,10H,5-9H2,1H3,(H,14,15)(H,17,18). The zero-order valence-electron chi connectivity index (χ0n) is 20.8. The number of nitriles is 1. The third-order valence-electron chi connectivity index (χ3n) is 6.65. The van der Waals surface area contributed by atoms with Gasteiger partial charge in [-0.25, -0.2) is 14.8 Å². The molecule has 9 heteroatoms. The summed E-state index contributed by atoms with van der Waals surface area (Å²) in [6, 6.07) is 12.6. The first-order chi connectivity index (χ1) is 16.9. The second-order valence-corrected chi connectivity index (χ2v) is 9.49. The van der Waals surface area contributed by atoms with Crippen molar-refractivity contribution in [1.29, 1.82) is 5.26 Å². The van der Waals surface area contributed by atoms with Crippen LogP contribution in [0.5, 0.6) is 0 Å². The lowest BCUT2D eigenvalue weighted by atomic mass is 9.97. The number of aromatic nitrogens is 2. The number of carbonyl (C=O) groups is 1. The van der Waals surface area contributed by atoms with E-state index in [4.69, 9.17) is 10.4 Å². The van der Waals surface area contributed by atoms with E-state index in [1.54, 1.807) is 18.2 Å². The van der Waals surface area contributed by atoms with Crippen LogP contribution < -0.4 is 10.6 Å². The maximum absolute atomic E-state index is 10.8. The Morgan fingerprint density at radius 1 is 0.914 bits per heavy atom. The predicted octanol–water partition coefficient (Wildman–Crippen LogP) is 3.24. The second kappa shape index (κ2) is 13.6. The van der Waals surface area contributed by atoms with Crippen molar-refractivity contribution in [2.75, 3.05) is 64.0 Å². The molecule has 2 aromatic heterocycles. The van der Waals surface area contributed by atoms with E-state index < -0.39 is 5.97 Å². The highest BCUT2D eigenvalue weighted by Gasteiger charge is 2.17. The lowest BCUT2D eigenvalue weighted by molar-refractivity contribution is 0.0690. The van der Waals surface area contributed by atoms with Crippen molar-refractivity contribution >= 4 is 17.6 Å². The normalized spacial score (nSPS) is 17.6. The van der Waals surface area contributed by atoms with E-state index in [-0.39, 0.29) is 5.69 Å². The van der Waals surface area contributed by atoms with Gasteiger partial charge < -0.3 is 25.5 Å². The first kappa shape index (κ1) is 26.4. The molecule has 0 atom stereocenters. The van der Waals surface area contributed by atoms with Gasteiger partial charge in [0.1, 0.15) is 23.4 Å². The van der Waals surface area contributed by atoms with Crippen LogP contribution in [0.4, 0.5) is 11.6 Å². The maximum atomic E-state index is 10.8. The molecule has 0 bridgehead atoms. The molecule has 0 aliphatic carbocycles. The maximum Gasteiger partial charge on any atom is 0.354 e. The van der Waals surface area contributed by atoms with Gasteiger partial charge in [-0.1, -0.05) is 12.1 Å². The molecule has 0 amide bonds. The number of pyridine rings is 2. The van der Waals surface area contributed by atoms with Crippen LogP contribution in [0.15, 0.2) is 36.4 Å². The molecule has 35 heavy (non-hydrogen) atoms. The Labute approximate surface area is 208 Å². The fraction of sp³-hybridized carbons (Fsp3) is 0.538. The molecular weight excluding hydrogens is 442 g/mol. The van der Waals surface area contributed by atoms with E-state index in [1.165, 1.54) is 44.8 Å². The van der Waals surface area contributed by atoms with Gasteiger partial charge in [-0.3, -0.25) is 0 Å². The zero-order chi connectivity index (χ0) is 25.0. The number of hydrogen-bond donors (Lipinski definition) is 3. The number of rotatable bonds is 7. The van der Waals surface area contributed by atoms with Gasteiger partial charge in [-0.05, 0) is 102 Å². The summed E-state index contributed by atoms with van der Waals surface area (Å²) in [5.74, 6) is 1.84. The minimum absolute atomic E-state index is 0.0865. The number of carboxylic acids is 1. The Bertz CT molecular complexity index is 978. The molecule has 0 saturated carbocycles. The predicted molar refractivity (Wildman–Crippen MR) is 138 cm³/mol. The Morgan fingerprint density at radius 3 is 1.89 bits per heavy atom. The van der Waals surface area contributed by atoms with Crippen LogP contribution in [0.3, 0.4) is 0 Å². The fourth-order valence-electron chi connectivity index (χ4n) is 4.28. The number of aromatic carboxylic acids is 1. The summed E-state index contributed by atoms with van der Waals surface area (Å²) in [5, 5.41) is 24.2. The smallest absolute Gasteiger partial charge is 0.354 e. The van der Waals surface area contributed by atoms with Gasteiger partial charge in [-0.15, -0.1) is 0 Å². The monoisotopic (exact) mass is 479 g/mol. The van der Waals surface area contributed by atoms with Crippen molar-refractivity contribution < 1.29 is 9.90 Å². The molecule has 2 aliphatic rings. The highest BCUT2D eigenvalue weighted by molar-refractivity contribution is 5.85. The number of hydrogen-bond acceptors (Lipinski definition) is 8. The van der Waals surface area contributed by atoms with Crippen molar-refractivity contribution in [1.82, 2.24) is 19.8 Å². The molecule has 0 aromatic carbocycles. The summed E-state index contributed by atoms with van der Waals surface area (Å²) in [6.45, 7) is 6.44. The average molecular weight is 480 g/mol. The minimum atomic E-state index is -0.988. The number of anilines is 2. The van der Waals surface area contributed by atoms with Crippen molar-refractivity contribution in [3.05, 3.63) is 47.8 Å². The zero-order valence-corrected chi connectivity index (χ0v) is 20.8. The molecule has 3 N–H and O–H groups in total. The van der Waals surface area contributed by atoms with Crippen molar-refractivity contribution in [3.63, 3.8) is 0 Å². The molecule has 4 heterocycles. The van der Waals surface area contributed by atoms with Crippen LogP contribution in [-0.2, 0) is 0 Å². The number of piperidine rings is 2. The third kappa shape index (κ3) is 9.15. The SMILES string of the molecule is CN1CCC(CNc2cccc(C#N)n2)CC1.CN1CCC(CNc2cccc(C(=O)O)n2)CC1. The van der Waals surface area contributed by atoms with Crippen LogP contribution in [0.2, 0.25) is 0 Å². The second-order valence-electron chi connectivity index (χ2n) is 9.49. The van der Waals surface area contributed by atoms with Gasteiger partial charge >= 0.3 is 5.97 Å². The number of nitrogens with one attached hydrogen (secondary N) is 2. The van der Waals surface area contributed by atoms with Gasteiger partial charge in [-0.2, -0.15) is 5.26 Å². The fourth-order valence-corrected chi connectivity index (χ4v) is 4.28. The molecule has 0 spiro atoms. The van der Waals surface area contributed by atoms with E-state index in [0.717, 1.165) is 37.9 Å². The molecule has 2 aromatic rings. The Kier molecular flexibility index (Phi) is 10.3. The Morgan fingerprint density at radius 2 is 1.40 bits per heavy atom. The summed E-state index contributed by atoms with van der Waals surface area (Å²) >= 11 is 0. The largest absolute Gasteiger partial charge is 0.477 e. The average Bonchev–Trinajstić information content (AvgIpc) is 2.89. The lowest BCUT2D eigenvalue weighted by Gasteiger charge is -2.29. The van der Waals surface area contributed by atoms with Gasteiger partial charge in [0.05, 0.1) is 0 Å². The van der Waals surface area contributed by atoms with E-state index in [9.17, 15) is 4.79 Å². The molecule has 188 valence electrons. The van der Waals surface area contributed by atoms with E-state index in [2.05, 4.69) is 50.6 Å². The summed E-state index contributed by atoms with van der Waals surface area (Å²) in [5.41, 5.74) is 0.557. The highest BCUT2D eigenvalue weighted by atomic mass is 16.4. The number of nitrogens with zero attached hydrogens (tertiary/aromatic N) is 5. The van der Waals surface area contributed by atoms with Crippen LogP contribution in [0.1, 0.15) is 41.9 Å². The van der Waals surface area contributed by atoms with Crippen LogP contribution in [0, 0.1) is 23.2 Å². The first-order valence-electron chi connectivity index (χ1n) is 12.3. The molecule has 9 nitrogen and oxygen atoms in total. The van der Waals surface area contributed by atoms with E-state index in [1.807, 2.05) is 12.1 Å². The molecule has 2 saturated heterocycles. The molecule has 0 unspecified atom stereocenters. The number of likely N-dealkylation sites (tertiary alicyclic amines) is 2. The molecule has 0 radical (unpaired) electrons. The van der Waals surface area contributed by atoms with Crippen LogP contribution >= 0.6 is 0 Å². The molecular formula is C26H37N7O2. The van der Waals surface area contributed by atoms with Gasteiger partial charge in [0.25, 0.3) is 0 Å². The minimum Gasteiger partial charge on any atom is -0.477 e. The van der Waals surface area contributed by atoms with E-state index >= 15 is 0 Å². The highest BCUT2D eigenvalue weighted by Crippen LogP contribution is 2.17. The van der Waals surface area contributed by atoms with E-state index in [0.29, 0.717) is 17.4 Å². The summed E-state index contributed by atoms with van der Waals surface area (Å²) in [7, 11) is 4.31. The van der Waals surface area contributed by atoms with Crippen molar-refractivity contribution in [3.8, 4) is 6.07 Å². The lowest BCUT2D eigenvalue weighted by Crippen LogP contribution is -2.33. The van der Waals surface area contributed by atoms with Crippen molar-refractivity contribution in [2.24, 2.45) is 11.8 Å². The Balaban J connectivity index is 0.000000196. The van der Waals surface area contributed by atoms with Gasteiger partial charge in [0.2, 0.25) is 0 Å². The van der Waals surface area contributed by atoms with Gasteiger partial charge in [0.15, 0.2) is 5.69 Å². The quantitative estimate of drug-likeness (QED) is 0.550. The third-order valence-corrected chi connectivity index (χ3v) is 6.65. The Hall–Kier alpha value is -3.22. The summed E-state index contributed by atoms with van der Waals surface area (Å²) in [4.78, 5) is 23.8. The summed E-state index contributed by atoms with van der Waals surface area (Å²) in [6.07, 6.45) is 4.84. The number of carboxylic acid groups (broad SMARTS) is 1. The summed E-state index contributed by atoms with van der Waals surface area (Å²) < 4.78 is 0.